The van der Waals surface area contributed by atoms with Crippen LogP contribution in [0.3, 0.4) is 0 Å². The Kier molecular flexibility index (Phi) is 4.21. The zero-order valence-corrected chi connectivity index (χ0v) is 13.6. The predicted molar refractivity (Wildman–Crippen MR) is 84.6 cm³/mol. The number of rotatable bonds is 3. The largest absolute Gasteiger partial charge is 0.333 e. The number of nitrogens with zero attached hydrogens (tertiary/aromatic N) is 3. The van der Waals surface area contributed by atoms with Crippen LogP contribution in [0.25, 0.3) is 0 Å². The van der Waals surface area contributed by atoms with Crippen LogP contribution in [0.1, 0.15) is 22.5 Å². The Bertz CT molecular complexity index is 712. The molecule has 1 saturated heterocycles. The molecule has 5 nitrogen and oxygen atoms in total. The summed E-state index contributed by atoms with van der Waals surface area (Å²) in [5, 5.41) is 4.07. The Morgan fingerprint density at radius 1 is 1.43 bits per heavy atom. The number of likely N-dealkylation sites (tertiary alicyclic amines) is 1. The maximum Gasteiger partial charge on any atom is 0.266 e. The molecule has 0 aliphatic carbocycles. The molecule has 0 spiro atoms. The minimum atomic E-state index is -0.129. The number of aromatic nitrogens is 2. The predicted octanol–water partition coefficient (Wildman–Crippen LogP) is 2.37. The van der Waals surface area contributed by atoms with Crippen LogP contribution < -0.4 is 5.56 Å². The fraction of sp³-hybridized carbons (Fsp3) is 0.357. The summed E-state index contributed by atoms with van der Waals surface area (Å²) in [6.07, 6.45) is 3.46. The number of amides is 1. The Morgan fingerprint density at radius 2 is 2.29 bits per heavy atom. The van der Waals surface area contributed by atoms with Gasteiger partial charge in [-0.15, -0.1) is 11.3 Å². The molecule has 2 aromatic rings. The first-order chi connectivity index (χ1) is 10.1. The van der Waals surface area contributed by atoms with E-state index in [9.17, 15) is 9.59 Å². The van der Waals surface area contributed by atoms with Gasteiger partial charge in [-0.05, 0) is 47.0 Å². The second-order valence-electron chi connectivity index (χ2n) is 4.94. The van der Waals surface area contributed by atoms with Crippen LogP contribution in [0.4, 0.5) is 0 Å². The maximum atomic E-state index is 12.6. The van der Waals surface area contributed by atoms with Gasteiger partial charge in [-0.3, -0.25) is 9.59 Å². The van der Waals surface area contributed by atoms with Gasteiger partial charge in [0.1, 0.15) is 0 Å². The van der Waals surface area contributed by atoms with Crippen LogP contribution in [0.15, 0.2) is 39.0 Å². The van der Waals surface area contributed by atoms with Crippen molar-refractivity contribution in [3.05, 3.63) is 49.5 Å². The molecule has 1 fully saturated rings. The second-order valence-corrected chi connectivity index (χ2v) is 7.41. The summed E-state index contributed by atoms with van der Waals surface area (Å²) in [4.78, 5) is 26.9. The fourth-order valence-corrected chi connectivity index (χ4v) is 3.93. The molecule has 0 radical (unpaired) electrons. The van der Waals surface area contributed by atoms with E-state index < -0.39 is 0 Å². The van der Waals surface area contributed by atoms with E-state index in [1.165, 1.54) is 22.1 Å². The smallest absolute Gasteiger partial charge is 0.266 e. The van der Waals surface area contributed by atoms with E-state index in [0.29, 0.717) is 6.54 Å². The van der Waals surface area contributed by atoms with Gasteiger partial charge in [-0.25, -0.2) is 4.68 Å². The molecule has 1 aliphatic heterocycles. The fourth-order valence-electron chi connectivity index (χ4n) is 2.59. The Morgan fingerprint density at radius 3 is 3.00 bits per heavy atom. The molecule has 0 saturated carbocycles. The molecule has 1 amide bonds. The third-order valence-electron chi connectivity index (χ3n) is 3.59. The van der Waals surface area contributed by atoms with Gasteiger partial charge in [0.05, 0.1) is 21.3 Å². The van der Waals surface area contributed by atoms with E-state index in [1.54, 1.807) is 12.3 Å². The van der Waals surface area contributed by atoms with E-state index in [0.717, 1.165) is 28.0 Å². The first kappa shape index (κ1) is 14.5. The summed E-state index contributed by atoms with van der Waals surface area (Å²) in [5.41, 5.74) is -0.129. The quantitative estimate of drug-likeness (QED) is 0.836. The van der Waals surface area contributed by atoms with Gasteiger partial charge >= 0.3 is 0 Å². The molecule has 1 atom stereocenters. The Labute approximate surface area is 134 Å². The standard InChI is InChI=1S/C14H14BrN3O2S/c15-12-6-5-11(21-12)14(20)17-8-2-3-10(17)9-18-13(19)4-1-7-16-18/h1,4-7,10H,2-3,8-9H2. The Hall–Kier alpha value is -1.47. The molecule has 21 heavy (non-hydrogen) atoms. The van der Waals surface area contributed by atoms with Gasteiger partial charge in [0.15, 0.2) is 0 Å². The molecule has 3 rings (SSSR count). The molecular formula is C14H14BrN3O2S. The number of halogens is 1. The topological polar surface area (TPSA) is 55.2 Å². The molecule has 110 valence electrons. The molecule has 0 N–H and O–H groups in total. The van der Waals surface area contributed by atoms with Crippen molar-refractivity contribution in [2.24, 2.45) is 0 Å². The third kappa shape index (κ3) is 3.08. The van der Waals surface area contributed by atoms with E-state index in [4.69, 9.17) is 0 Å². The van der Waals surface area contributed by atoms with E-state index in [1.807, 2.05) is 17.0 Å². The van der Waals surface area contributed by atoms with Crippen LogP contribution in [0, 0.1) is 0 Å². The highest BCUT2D eigenvalue weighted by Gasteiger charge is 2.30. The molecule has 7 heteroatoms. The van der Waals surface area contributed by atoms with Gasteiger partial charge in [0.25, 0.3) is 11.5 Å². The highest BCUT2D eigenvalue weighted by atomic mass is 79.9. The summed E-state index contributed by atoms with van der Waals surface area (Å²) in [5.74, 6) is 0.0391. The van der Waals surface area contributed by atoms with Gasteiger partial charge in [-0.1, -0.05) is 0 Å². The van der Waals surface area contributed by atoms with Crippen molar-refractivity contribution in [1.82, 2.24) is 14.7 Å². The van der Waals surface area contributed by atoms with Crippen molar-refractivity contribution in [2.45, 2.75) is 25.4 Å². The van der Waals surface area contributed by atoms with Crippen molar-refractivity contribution in [3.8, 4) is 0 Å². The summed E-state index contributed by atoms with van der Waals surface area (Å²) >= 11 is 4.82. The van der Waals surface area contributed by atoms with Gasteiger partial charge in [-0.2, -0.15) is 5.10 Å². The average Bonchev–Trinajstić information content (AvgIpc) is 3.10. The lowest BCUT2D eigenvalue weighted by molar-refractivity contribution is 0.0725. The summed E-state index contributed by atoms with van der Waals surface area (Å²) in [7, 11) is 0. The molecule has 1 unspecified atom stereocenters. The monoisotopic (exact) mass is 367 g/mol. The zero-order chi connectivity index (χ0) is 14.8. The van der Waals surface area contributed by atoms with Crippen LogP contribution in [0.2, 0.25) is 0 Å². The van der Waals surface area contributed by atoms with Crippen molar-refractivity contribution < 1.29 is 4.79 Å². The molecule has 3 heterocycles. The third-order valence-corrected chi connectivity index (χ3v) is 5.20. The molecule has 0 aromatic carbocycles. The first-order valence-electron chi connectivity index (χ1n) is 6.73. The van der Waals surface area contributed by atoms with Crippen molar-refractivity contribution >= 4 is 33.2 Å². The van der Waals surface area contributed by atoms with E-state index >= 15 is 0 Å². The SMILES string of the molecule is O=C(c1ccc(Br)s1)N1CCCC1Cn1ncccc1=O. The molecular weight excluding hydrogens is 354 g/mol. The number of carbonyl (C=O) groups excluding carboxylic acids is 1. The lowest BCUT2D eigenvalue weighted by Crippen LogP contribution is -2.40. The average molecular weight is 368 g/mol. The lowest BCUT2D eigenvalue weighted by atomic mass is 10.2. The second kappa shape index (κ2) is 6.11. The molecule has 1 aliphatic rings. The van der Waals surface area contributed by atoms with Crippen LogP contribution >= 0.6 is 27.3 Å². The summed E-state index contributed by atoms with van der Waals surface area (Å²) < 4.78 is 2.38. The zero-order valence-electron chi connectivity index (χ0n) is 11.2. The van der Waals surface area contributed by atoms with E-state index in [-0.39, 0.29) is 17.5 Å². The number of hydrogen-bond donors (Lipinski definition) is 0. The molecule has 2 aromatic heterocycles. The van der Waals surface area contributed by atoms with Crippen LogP contribution in [-0.2, 0) is 6.54 Å². The van der Waals surface area contributed by atoms with Crippen molar-refractivity contribution in [2.75, 3.05) is 6.54 Å². The van der Waals surface area contributed by atoms with Gasteiger partial charge < -0.3 is 4.90 Å². The summed E-state index contributed by atoms with van der Waals surface area (Å²) in [6.45, 7) is 1.19. The highest BCUT2D eigenvalue weighted by molar-refractivity contribution is 9.11. The number of carbonyl (C=O) groups is 1. The minimum absolute atomic E-state index is 0.0333. The number of hydrogen-bond acceptors (Lipinski definition) is 4. The first-order valence-corrected chi connectivity index (χ1v) is 8.34. The number of thiophene rings is 1. The van der Waals surface area contributed by atoms with Gasteiger partial charge in [0.2, 0.25) is 0 Å². The minimum Gasteiger partial charge on any atom is -0.333 e. The molecule has 0 bridgehead atoms. The summed E-state index contributed by atoms with van der Waals surface area (Å²) in [6, 6.07) is 6.86. The van der Waals surface area contributed by atoms with E-state index in [2.05, 4.69) is 21.0 Å². The maximum absolute atomic E-state index is 12.6. The van der Waals surface area contributed by atoms with Crippen LogP contribution in [0.5, 0.6) is 0 Å². The lowest BCUT2D eigenvalue weighted by Gasteiger charge is -2.24. The van der Waals surface area contributed by atoms with Gasteiger partial charge in [0, 0.05) is 18.8 Å². The normalized spacial score (nSPS) is 18.1. The van der Waals surface area contributed by atoms with Crippen molar-refractivity contribution in [1.29, 1.82) is 0 Å². The van der Waals surface area contributed by atoms with Crippen molar-refractivity contribution in [3.63, 3.8) is 0 Å². The Balaban J connectivity index is 1.78. The highest BCUT2D eigenvalue weighted by Crippen LogP contribution is 2.27. The van der Waals surface area contributed by atoms with Crippen LogP contribution in [-0.4, -0.2) is 33.2 Å².